The number of hydrogen-bond acceptors (Lipinski definition) is 6. The topological polar surface area (TPSA) is 95.1 Å². The molecule has 0 aliphatic carbocycles. The minimum Gasteiger partial charge on any atom is -0.494 e. The summed E-state index contributed by atoms with van der Waals surface area (Å²) in [5.41, 5.74) is 2.03. The third kappa shape index (κ3) is 3.37. The van der Waals surface area contributed by atoms with Crippen molar-refractivity contribution in [2.24, 2.45) is 0 Å². The van der Waals surface area contributed by atoms with Crippen molar-refractivity contribution in [3.8, 4) is 11.4 Å². The fourth-order valence-electron chi connectivity index (χ4n) is 2.72. The minimum atomic E-state index is -0.206. The van der Waals surface area contributed by atoms with E-state index in [0.717, 1.165) is 17.1 Å². The summed E-state index contributed by atoms with van der Waals surface area (Å²) in [7, 11) is 1.55. The number of amides is 1. The van der Waals surface area contributed by atoms with Crippen molar-refractivity contribution in [3.05, 3.63) is 53.2 Å². The maximum Gasteiger partial charge on any atom is 0.251 e. The number of methoxy groups -OCH3 is 1. The van der Waals surface area contributed by atoms with Gasteiger partial charge in [-0.25, -0.2) is 0 Å². The van der Waals surface area contributed by atoms with Crippen LogP contribution in [0.15, 0.2) is 35.0 Å². The van der Waals surface area contributed by atoms with E-state index in [1.807, 2.05) is 26.8 Å². The summed E-state index contributed by atoms with van der Waals surface area (Å²) in [6, 6.07) is 6.85. The van der Waals surface area contributed by atoms with E-state index in [2.05, 4.69) is 20.8 Å². The van der Waals surface area contributed by atoms with Gasteiger partial charge in [0.25, 0.3) is 5.91 Å². The Bertz CT molecular complexity index is 886. The zero-order valence-electron chi connectivity index (χ0n) is 14.5. The lowest BCUT2D eigenvalue weighted by atomic mass is 10.1. The first-order valence-corrected chi connectivity index (χ1v) is 7.78. The van der Waals surface area contributed by atoms with Crippen molar-refractivity contribution in [1.29, 1.82) is 0 Å². The Labute approximate surface area is 144 Å². The van der Waals surface area contributed by atoms with Crippen molar-refractivity contribution in [1.82, 2.24) is 25.5 Å². The molecule has 0 saturated heterocycles. The van der Waals surface area contributed by atoms with Gasteiger partial charge in [0.1, 0.15) is 29.3 Å². The number of carbonyl (C=O) groups excluding carboxylic acids is 1. The van der Waals surface area contributed by atoms with Crippen molar-refractivity contribution < 1.29 is 13.9 Å². The van der Waals surface area contributed by atoms with Gasteiger partial charge in [-0.2, -0.15) is 4.68 Å². The molecule has 3 aromatic rings. The second kappa shape index (κ2) is 6.76. The first-order chi connectivity index (χ1) is 12.0. The maximum absolute atomic E-state index is 12.6. The third-order valence-electron chi connectivity index (χ3n) is 3.93. The van der Waals surface area contributed by atoms with Gasteiger partial charge in [0.15, 0.2) is 0 Å². The molecule has 0 aliphatic rings. The molecule has 2 heterocycles. The van der Waals surface area contributed by atoms with Gasteiger partial charge in [-0.1, -0.05) is 0 Å². The van der Waals surface area contributed by atoms with E-state index in [1.54, 1.807) is 25.3 Å². The van der Waals surface area contributed by atoms with Gasteiger partial charge in [0, 0.05) is 11.1 Å². The molecule has 0 saturated carbocycles. The van der Waals surface area contributed by atoms with Crippen molar-refractivity contribution in [2.75, 3.05) is 7.11 Å². The molecular formula is C17H19N5O3. The maximum atomic E-state index is 12.6. The fourth-order valence-corrected chi connectivity index (χ4v) is 2.72. The summed E-state index contributed by atoms with van der Waals surface area (Å²) in [6.07, 6.45) is 1.44. The highest BCUT2D eigenvalue weighted by molar-refractivity contribution is 5.95. The van der Waals surface area contributed by atoms with Crippen LogP contribution in [0.3, 0.4) is 0 Å². The van der Waals surface area contributed by atoms with Crippen molar-refractivity contribution in [2.45, 2.75) is 26.8 Å². The van der Waals surface area contributed by atoms with Crippen LogP contribution in [0.2, 0.25) is 0 Å². The van der Waals surface area contributed by atoms with E-state index < -0.39 is 0 Å². The lowest BCUT2D eigenvalue weighted by molar-refractivity contribution is 0.0939. The summed E-state index contributed by atoms with van der Waals surface area (Å²) < 4.78 is 12.3. The Morgan fingerprint density at radius 1 is 1.32 bits per heavy atom. The average molecular weight is 341 g/mol. The quantitative estimate of drug-likeness (QED) is 0.765. The van der Waals surface area contributed by atoms with Gasteiger partial charge < -0.3 is 14.5 Å². The van der Waals surface area contributed by atoms with Crippen LogP contribution < -0.4 is 10.1 Å². The number of aryl methyl sites for hydroxylation is 2. The van der Waals surface area contributed by atoms with E-state index in [4.69, 9.17) is 9.15 Å². The standard InChI is InChI=1S/C17H19N5O3/c1-10-7-14(12(3)25-10)11(2)19-17(23)13-5-6-16(24-4)15(8-13)22-9-18-20-21-22/h5-9,11H,1-4H3,(H,19,23). The Hall–Kier alpha value is -3.16. The molecule has 0 bridgehead atoms. The number of tetrazole rings is 1. The van der Waals surface area contributed by atoms with E-state index in [9.17, 15) is 4.79 Å². The molecule has 1 atom stereocenters. The number of rotatable bonds is 5. The predicted octanol–water partition coefficient (Wildman–Crippen LogP) is 2.37. The molecule has 1 unspecified atom stereocenters. The molecule has 0 spiro atoms. The third-order valence-corrected chi connectivity index (χ3v) is 3.93. The van der Waals surface area contributed by atoms with Gasteiger partial charge in [0.05, 0.1) is 13.2 Å². The van der Waals surface area contributed by atoms with Crippen LogP contribution in [-0.4, -0.2) is 33.2 Å². The van der Waals surface area contributed by atoms with Crippen LogP contribution in [-0.2, 0) is 0 Å². The Morgan fingerprint density at radius 3 is 2.72 bits per heavy atom. The molecule has 8 heteroatoms. The Morgan fingerprint density at radius 2 is 2.12 bits per heavy atom. The van der Waals surface area contributed by atoms with Crippen LogP contribution in [0.5, 0.6) is 5.75 Å². The number of benzene rings is 1. The van der Waals surface area contributed by atoms with Gasteiger partial charge >= 0.3 is 0 Å². The molecule has 2 aromatic heterocycles. The zero-order valence-corrected chi connectivity index (χ0v) is 14.5. The molecule has 130 valence electrons. The Kier molecular flexibility index (Phi) is 4.51. The van der Waals surface area contributed by atoms with Crippen molar-refractivity contribution in [3.63, 3.8) is 0 Å². The molecule has 1 amide bonds. The highest BCUT2D eigenvalue weighted by Gasteiger charge is 2.18. The van der Waals surface area contributed by atoms with E-state index in [1.165, 1.54) is 11.0 Å². The van der Waals surface area contributed by atoms with Crippen LogP contribution in [0.4, 0.5) is 0 Å². The minimum absolute atomic E-state index is 0.177. The van der Waals surface area contributed by atoms with Gasteiger partial charge in [-0.15, -0.1) is 5.10 Å². The number of hydrogen-bond donors (Lipinski definition) is 1. The first-order valence-electron chi connectivity index (χ1n) is 7.78. The average Bonchev–Trinajstić information content (AvgIpc) is 3.23. The van der Waals surface area contributed by atoms with Gasteiger partial charge in [-0.3, -0.25) is 4.79 Å². The molecule has 8 nitrogen and oxygen atoms in total. The van der Waals surface area contributed by atoms with E-state index in [0.29, 0.717) is 17.0 Å². The number of ether oxygens (including phenoxy) is 1. The predicted molar refractivity (Wildman–Crippen MR) is 89.8 cm³/mol. The Balaban J connectivity index is 1.85. The monoisotopic (exact) mass is 341 g/mol. The second-order valence-electron chi connectivity index (χ2n) is 5.70. The van der Waals surface area contributed by atoms with Gasteiger partial charge in [-0.05, 0) is 55.5 Å². The molecule has 25 heavy (non-hydrogen) atoms. The first kappa shape index (κ1) is 16.7. The van der Waals surface area contributed by atoms with Crippen LogP contribution in [0, 0.1) is 13.8 Å². The van der Waals surface area contributed by atoms with Gasteiger partial charge in [0.2, 0.25) is 0 Å². The second-order valence-corrected chi connectivity index (χ2v) is 5.70. The molecule has 1 aromatic carbocycles. The molecular weight excluding hydrogens is 322 g/mol. The lowest BCUT2D eigenvalue weighted by Crippen LogP contribution is -2.27. The molecule has 0 radical (unpaired) electrons. The number of nitrogens with zero attached hydrogens (tertiary/aromatic N) is 4. The summed E-state index contributed by atoms with van der Waals surface area (Å²) in [5, 5.41) is 14.1. The summed E-state index contributed by atoms with van der Waals surface area (Å²) in [6.45, 7) is 5.68. The number of furan rings is 1. The number of carbonyl (C=O) groups is 1. The van der Waals surface area contributed by atoms with Crippen LogP contribution >= 0.6 is 0 Å². The SMILES string of the molecule is COc1ccc(C(=O)NC(C)c2cc(C)oc2C)cc1-n1cnnn1. The lowest BCUT2D eigenvalue weighted by Gasteiger charge is -2.14. The molecule has 1 N–H and O–H groups in total. The summed E-state index contributed by atoms with van der Waals surface area (Å²) >= 11 is 0. The number of aromatic nitrogens is 4. The zero-order chi connectivity index (χ0) is 18.0. The fraction of sp³-hybridized carbons (Fsp3) is 0.294. The highest BCUT2D eigenvalue weighted by atomic mass is 16.5. The summed E-state index contributed by atoms with van der Waals surface area (Å²) in [5.74, 6) is 1.98. The van der Waals surface area contributed by atoms with Crippen LogP contribution in [0.25, 0.3) is 5.69 Å². The van der Waals surface area contributed by atoms with Crippen molar-refractivity contribution >= 4 is 5.91 Å². The molecule has 0 fully saturated rings. The molecule has 3 rings (SSSR count). The summed E-state index contributed by atoms with van der Waals surface area (Å²) in [4.78, 5) is 12.6. The smallest absolute Gasteiger partial charge is 0.251 e. The van der Waals surface area contributed by atoms with E-state index in [-0.39, 0.29) is 11.9 Å². The van der Waals surface area contributed by atoms with E-state index >= 15 is 0 Å². The largest absolute Gasteiger partial charge is 0.494 e. The normalized spacial score (nSPS) is 12.0. The molecule has 0 aliphatic heterocycles. The number of nitrogens with one attached hydrogen (secondary N) is 1. The highest BCUT2D eigenvalue weighted by Crippen LogP contribution is 2.25. The van der Waals surface area contributed by atoms with Crippen LogP contribution in [0.1, 0.15) is 40.4 Å².